The summed E-state index contributed by atoms with van der Waals surface area (Å²) >= 11 is 1.27. The van der Waals surface area contributed by atoms with E-state index in [2.05, 4.69) is 15.1 Å². The molecule has 7 heteroatoms. The van der Waals surface area contributed by atoms with Crippen molar-refractivity contribution < 1.29 is 9.60 Å². The van der Waals surface area contributed by atoms with Crippen molar-refractivity contribution >= 4 is 17.6 Å². The maximum atomic E-state index is 12.8. The van der Waals surface area contributed by atoms with E-state index >= 15 is 0 Å². The summed E-state index contributed by atoms with van der Waals surface area (Å²) in [4.78, 5) is 9.20. The van der Waals surface area contributed by atoms with Crippen LogP contribution in [0.25, 0.3) is 0 Å². The molecule has 1 aromatic heterocycles. The molecule has 0 unspecified atom stereocenters. The third-order valence-electron chi connectivity index (χ3n) is 2.23. The van der Waals surface area contributed by atoms with E-state index in [0.717, 1.165) is 4.90 Å². The number of amidine groups is 1. The number of aryl methyl sites for hydroxylation is 1. The van der Waals surface area contributed by atoms with Gasteiger partial charge in [-0.3, -0.25) is 0 Å². The van der Waals surface area contributed by atoms with Crippen molar-refractivity contribution in [2.75, 3.05) is 0 Å². The Labute approximate surface area is 113 Å². The second-order valence-corrected chi connectivity index (χ2v) is 4.76. The third-order valence-corrected chi connectivity index (χ3v) is 3.10. The maximum absolute atomic E-state index is 12.8. The molecule has 0 saturated carbocycles. The average molecular weight is 278 g/mol. The van der Waals surface area contributed by atoms with Crippen LogP contribution in [0.4, 0.5) is 4.39 Å². The summed E-state index contributed by atoms with van der Waals surface area (Å²) in [7, 11) is 0. The first-order valence-corrected chi connectivity index (χ1v) is 6.17. The Hall–Kier alpha value is -2.15. The molecule has 1 aromatic carbocycles. The lowest BCUT2D eigenvalue weighted by Crippen LogP contribution is -2.16. The molecule has 0 aliphatic rings. The molecule has 2 aromatic rings. The predicted molar refractivity (Wildman–Crippen MR) is 69.8 cm³/mol. The van der Waals surface area contributed by atoms with Gasteiger partial charge in [0.2, 0.25) is 0 Å². The normalized spacial score (nSPS) is 11.6. The van der Waals surface area contributed by atoms with Crippen molar-refractivity contribution in [3.05, 3.63) is 47.5 Å². The summed E-state index contributed by atoms with van der Waals surface area (Å²) in [5, 5.41) is 12.0. The molecule has 0 saturated heterocycles. The lowest BCUT2D eigenvalue weighted by molar-refractivity contribution is 0.318. The van der Waals surface area contributed by atoms with E-state index in [9.17, 15) is 4.39 Å². The molecular weight excluding hydrogens is 267 g/mol. The monoisotopic (exact) mass is 278 g/mol. The number of benzene rings is 1. The Morgan fingerprint density at radius 3 is 2.63 bits per heavy atom. The minimum absolute atomic E-state index is 0.0774. The van der Waals surface area contributed by atoms with E-state index in [1.165, 1.54) is 23.9 Å². The second-order valence-electron chi connectivity index (χ2n) is 3.72. The number of oxime groups is 1. The van der Waals surface area contributed by atoms with Gasteiger partial charge in [0, 0.05) is 10.6 Å². The SMILES string of the molecule is Cc1cc(/C(N)=N/O)nc(Sc2ccc(F)cc2)n1. The number of aromatic nitrogens is 2. The third kappa shape index (κ3) is 3.41. The largest absolute Gasteiger partial charge is 0.409 e. The highest BCUT2D eigenvalue weighted by molar-refractivity contribution is 7.99. The van der Waals surface area contributed by atoms with Gasteiger partial charge >= 0.3 is 0 Å². The molecule has 0 aliphatic carbocycles. The van der Waals surface area contributed by atoms with Crippen LogP contribution in [0.2, 0.25) is 0 Å². The van der Waals surface area contributed by atoms with Crippen LogP contribution >= 0.6 is 11.8 Å². The molecule has 0 spiro atoms. The van der Waals surface area contributed by atoms with Crippen LogP contribution in [0.5, 0.6) is 0 Å². The zero-order valence-corrected chi connectivity index (χ0v) is 10.9. The van der Waals surface area contributed by atoms with Gasteiger partial charge in [0.1, 0.15) is 11.5 Å². The lowest BCUT2D eigenvalue weighted by Gasteiger charge is -2.04. The van der Waals surface area contributed by atoms with Gasteiger partial charge in [0.05, 0.1) is 0 Å². The van der Waals surface area contributed by atoms with Crippen LogP contribution in [0.15, 0.2) is 45.5 Å². The Kier molecular flexibility index (Phi) is 3.96. The molecular formula is C12H11FN4OS. The van der Waals surface area contributed by atoms with Crippen molar-refractivity contribution in [1.29, 1.82) is 0 Å². The van der Waals surface area contributed by atoms with E-state index in [-0.39, 0.29) is 11.7 Å². The quantitative estimate of drug-likeness (QED) is 0.295. The molecule has 0 radical (unpaired) electrons. The van der Waals surface area contributed by atoms with Crippen molar-refractivity contribution in [2.24, 2.45) is 10.9 Å². The fourth-order valence-corrected chi connectivity index (χ4v) is 2.19. The van der Waals surface area contributed by atoms with E-state index < -0.39 is 0 Å². The van der Waals surface area contributed by atoms with Gasteiger partial charge < -0.3 is 10.9 Å². The second kappa shape index (κ2) is 5.66. The summed E-state index contributed by atoms with van der Waals surface area (Å²) in [5.74, 6) is -0.377. The number of halogens is 1. The van der Waals surface area contributed by atoms with Gasteiger partial charge in [-0.15, -0.1) is 0 Å². The maximum Gasteiger partial charge on any atom is 0.193 e. The van der Waals surface area contributed by atoms with Gasteiger partial charge in [0.15, 0.2) is 11.0 Å². The van der Waals surface area contributed by atoms with Gasteiger partial charge in [-0.05, 0) is 49.0 Å². The van der Waals surface area contributed by atoms with Crippen molar-refractivity contribution in [3.63, 3.8) is 0 Å². The summed E-state index contributed by atoms with van der Waals surface area (Å²) in [6, 6.07) is 7.61. The fraction of sp³-hybridized carbons (Fsp3) is 0.0833. The summed E-state index contributed by atoms with van der Waals surface area (Å²) < 4.78 is 12.8. The Bertz CT molecular complexity index is 616. The number of nitrogens with zero attached hydrogens (tertiary/aromatic N) is 3. The van der Waals surface area contributed by atoms with Crippen molar-refractivity contribution in [1.82, 2.24) is 9.97 Å². The first kappa shape index (κ1) is 13.3. The predicted octanol–water partition coefficient (Wildman–Crippen LogP) is 2.17. The number of rotatable bonds is 3. The van der Waals surface area contributed by atoms with Gasteiger partial charge in [-0.1, -0.05) is 5.16 Å². The van der Waals surface area contributed by atoms with Crippen LogP contribution in [-0.2, 0) is 0 Å². The van der Waals surface area contributed by atoms with Gasteiger partial charge in [-0.2, -0.15) is 0 Å². The lowest BCUT2D eigenvalue weighted by atomic mass is 10.3. The molecule has 19 heavy (non-hydrogen) atoms. The smallest absolute Gasteiger partial charge is 0.193 e. The summed E-state index contributed by atoms with van der Waals surface area (Å²) in [6.45, 7) is 1.78. The van der Waals surface area contributed by atoms with Crippen LogP contribution in [0.3, 0.4) is 0 Å². The zero-order valence-electron chi connectivity index (χ0n) is 10.0. The Morgan fingerprint density at radius 2 is 2.00 bits per heavy atom. The first-order chi connectivity index (χ1) is 9.08. The molecule has 5 nitrogen and oxygen atoms in total. The molecule has 0 aliphatic heterocycles. The fourth-order valence-electron chi connectivity index (χ4n) is 1.38. The molecule has 98 valence electrons. The Morgan fingerprint density at radius 1 is 1.32 bits per heavy atom. The highest BCUT2D eigenvalue weighted by Crippen LogP contribution is 2.25. The number of hydrogen-bond donors (Lipinski definition) is 2. The zero-order chi connectivity index (χ0) is 13.8. The number of hydrogen-bond acceptors (Lipinski definition) is 5. The average Bonchev–Trinajstić information content (AvgIpc) is 2.40. The van der Waals surface area contributed by atoms with Crippen LogP contribution in [0.1, 0.15) is 11.4 Å². The van der Waals surface area contributed by atoms with Gasteiger partial charge in [0.25, 0.3) is 0 Å². The summed E-state index contributed by atoms with van der Waals surface area (Å²) in [6.07, 6.45) is 0. The molecule has 0 atom stereocenters. The van der Waals surface area contributed by atoms with Crippen LogP contribution in [0, 0.1) is 12.7 Å². The van der Waals surface area contributed by atoms with E-state index in [1.807, 2.05) is 0 Å². The highest BCUT2D eigenvalue weighted by atomic mass is 32.2. The van der Waals surface area contributed by atoms with Crippen molar-refractivity contribution in [2.45, 2.75) is 17.0 Å². The highest BCUT2D eigenvalue weighted by Gasteiger charge is 2.07. The molecule has 2 rings (SSSR count). The van der Waals surface area contributed by atoms with Crippen LogP contribution < -0.4 is 5.73 Å². The number of nitrogens with two attached hydrogens (primary N) is 1. The molecule has 3 N–H and O–H groups in total. The minimum atomic E-state index is -0.299. The van der Waals surface area contributed by atoms with E-state index in [4.69, 9.17) is 10.9 Å². The summed E-state index contributed by atoms with van der Waals surface area (Å²) in [5.41, 5.74) is 6.54. The standard InChI is InChI=1S/C12H11FN4OS/c1-7-6-10(11(14)17-18)16-12(15-7)19-9-4-2-8(13)3-5-9/h2-6,18H,1H3,(H2,14,17). The van der Waals surface area contributed by atoms with Crippen LogP contribution in [-0.4, -0.2) is 21.0 Å². The molecule has 1 heterocycles. The molecule has 0 amide bonds. The van der Waals surface area contributed by atoms with E-state index in [0.29, 0.717) is 16.5 Å². The molecule has 0 bridgehead atoms. The topological polar surface area (TPSA) is 84.4 Å². The minimum Gasteiger partial charge on any atom is -0.409 e. The first-order valence-electron chi connectivity index (χ1n) is 5.35. The van der Waals surface area contributed by atoms with Gasteiger partial charge in [-0.25, -0.2) is 14.4 Å². The van der Waals surface area contributed by atoms with E-state index in [1.54, 1.807) is 25.1 Å². The van der Waals surface area contributed by atoms with Crippen molar-refractivity contribution in [3.8, 4) is 0 Å². The Balaban J connectivity index is 2.30. The molecule has 0 fully saturated rings.